The predicted molar refractivity (Wildman–Crippen MR) is 66.5 cm³/mol. The number of aromatic nitrogens is 1. The van der Waals surface area contributed by atoms with E-state index in [1.165, 1.54) is 12.3 Å². The molecule has 0 fully saturated rings. The fraction of sp³-hybridized carbons (Fsp3) is 0.545. The largest absolute Gasteiger partial charge is 0.476 e. The number of carboxylic acid groups (broad SMARTS) is 1. The van der Waals surface area contributed by atoms with Gasteiger partial charge in [0.05, 0.1) is 0 Å². The Morgan fingerprint density at radius 3 is 2.33 bits per heavy atom. The number of carbonyl (C=O) groups is 2. The second kappa shape index (κ2) is 4.66. The fourth-order valence-electron chi connectivity index (χ4n) is 1.08. The van der Waals surface area contributed by atoms with E-state index in [0.717, 1.165) is 11.3 Å². The van der Waals surface area contributed by atoms with Gasteiger partial charge in [0.15, 0.2) is 11.2 Å². The molecule has 7 heteroatoms. The average molecular weight is 272 g/mol. The molecule has 0 aliphatic carbocycles. The van der Waals surface area contributed by atoms with Gasteiger partial charge in [0.1, 0.15) is 10.6 Å². The smallest absolute Gasteiger partial charge is 0.355 e. The van der Waals surface area contributed by atoms with Gasteiger partial charge in [-0.25, -0.2) is 14.6 Å². The molecule has 0 aromatic carbocycles. The molecule has 1 unspecified atom stereocenters. The third-order valence-corrected chi connectivity index (χ3v) is 3.07. The SMILES string of the molecule is CC(C)(C)OC(=O)C(C)(N)c1nc(C(=O)O)cs1. The number of hydrogen-bond donors (Lipinski definition) is 2. The van der Waals surface area contributed by atoms with Crippen molar-refractivity contribution in [3.05, 3.63) is 16.1 Å². The first-order valence-electron chi connectivity index (χ1n) is 5.25. The van der Waals surface area contributed by atoms with Gasteiger partial charge in [0.25, 0.3) is 0 Å². The van der Waals surface area contributed by atoms with Crippen LogP contribution in [-0.2, 0) is 15.1 Å². The van der Waals surface area contributed by atoms with Crippen LogP contribution in [0.25, 0.3) is 0 Å². The van der Waals surface area contributed by atoms with Crippen molar-refractivity contribution >= 4 is 23.3 Å². The van der Waals surface area contributed by atoms with Crippen molar-refractivity contribution in [1.29, 1.82) is 0 Å². The third-order valence-electron chi connectivity index (χ3n) is 1.99. The van der Waals surface area contributed by atoms with E-state index in [9.17, 15) is 9.59 Å². The number of hydrogen-bond acceptors (Lipinski definition) is 6. The lowest BCUT2D eigenvalue weighted by Gasteiger charge is -2.26. The van der Waals surface area contributed by atoms with Crippen LogP contribution < -0.4 is 5.73 Å². The van der Waals surface area contributed by atoms with E-state index in [2.05, 4.69) is 4.98 Å². The first-order valence-corrected chi connectivity index (χ1v) is 6.13. The number of rotatable bonds is 3. The minimum absolute atomic E-state index is 0.129. The Morgan fingerprint density at radius 2 is 1.94 bits per heavy atom. The number of carbonyl (C=O) groups excluding carboxylic acids is 1. The van der Waals surface area contributed by atoms with E-state index in [1.807, 2.05) is 0 Å². The summed E-state index contributed by atoms with van der Waals surface area (Å²) in [5.41, 5.74) is 3.64. The van der Waals surface area contributed by atoms with Crippen molar-refractivity contribution in [2.45, 2.75) is 38.8 Å². The van der Waals surface area contributed by atoms with E-state index in [4.69, 9.17) is 15.6 Å². The van der Waals surface area contributed by atoms with Crippen LogP contribution in [0, 0.1) is 0 Å². The molecule has 1 aromatic heterocycles. The van der Waals surface area contributed by atoms with Gasteiger partial charge in [0, 0.05) is 5.38 Å². The van der Waals surface area contributed by atoms with Crippen LogP contribution in [0.2, 0.25) is 0 Å². The molecular weight excluding hydrogens is 256 g/mol. The van der Waals surface area contributed by atoms with Gasteiger partial charge in [-0.1, -0.05) is 0 Å². The van der Waals surface area contributed by atoms with Crippen LogP contribution in [0.4, 0.5) is 0 Å². The monoisotopic (exact) mass is 272 g/mol. The van der Waals surface area contributed by atoms with Crippen LogP contribution >= 0.6 is 11.3 Å². The van der Waals surface area contributed by atoms with Gasteiger partial charge in [0.2, 0.25) is 0 Å². The minimum Gasteiger partial charge on any atom is -0.476 e. The van der Waals surface area contributed by atoms with Crippen molar-refractivity contribution in [3.63, 3.8) is 0 Å². The lowest BCUT2D eigenvalue weighted by Crippen LogP contribution is -2.45. The van der Waals surface area contributed by atoms with E-state index in [1.54, 1.807) is 20.8 Å². The highest BCUT2D eigenvalue weighted by molar-refractivity contribution is 7.10. The lowest BCUT2D eigenvalue weighted by molar-refractivity contribution is -0.161. The molecule has 0 radical (unpaired) electrons. The van der Waals surface area contributed by atoms with Crippen molar-refractivity contribution < 1.29 is 19.4 Å². The normalized spacial score (nSPS) is 14.9. The van der Waals surface area contributed by atoms with Crippen molar-refractivity contribution in [1.82, 2.24) is 4.98 Å². The van der Waals surface area contributed by atoms with Crippen LogP contribution in [0.1, 0.15) is 43.2 Å². The van der Waals surface area contributed by atoms with Crippen LogP contribution in [0.15, 0.2) is 5.38 Å². The molecule has 1 heterocycles. The van der Waals surface area contributed by atoms with Crippen LogP contribution in [0.3, 0.4) is 0 Å². The van der Waals surface area contributed by atoms with Gasteiger partial charge in [-0.2, -0.15) is 0 Å². The average Bonchev–Trinajstić information content (AvgIpc) is 2.63. The Hall–Kier alpha value is -1.47. The van der Waals surface area contributed by atoms with Crippen LogP contribution in [0.5, 0.6) is 0 Å². The van der Waals surface area contributed by atoms with E-state index < -0.39 is 23.1 Å². The Labute approximate surface area is 109 Å². The number of thiazole rings is 1. The second-order valence-corrected chi connectivity index (χ2v) is 5.91. The zero-order chi connectivity index (χ0) is 14.1. The quantitative estimate of drug-likeness (QED) is 0.805. The Balaban J connectivity index is 2.97. The number of aromatic carboxylic acids is 1. The zero-order valence-corrected chi connectivity index (χ0v) is 11.5. The summed E-state index contributed by atoms with van der Waals surface area (Å²) < 4.78 is 5.18. The molecule has 100 valence electrons. The summed E-state index contributed by atoms with van der Waals surface area (Å²) in [6, 6.07) is 0. The van der Waals surface area contributed by atoms with Gasteiger partial charge in [-0.3, -0.25) is 0 Å². The first-order chi connectivity index (χ1) is 8.04. The van der Waals surface area contributed by atoms with Gasteiger partial charge in [-0.05, 0) is 27.7 Å². The van der Waals surface area contributed by atoms with Crippen molar-refractivity contribution in [2.75, 3.05) is 0 Å². The highest BCUT2D eigenvalue weighted by atomic mass is 32.1. The molecule has 0 bridgehead atoms. The molecule has 0 spiro atoms. The summed E-state index contributed by atoms with van der Waals surface area (Å²) in [6.07, 6.45) is 0. The van der Waals surface area contributed by atoms with Crippen molar-refractivity contribution in [2.24, 2.45) is 5.73 Å². The Kier molecular flexibility index (Phi) is 3.78. The predicted octanol–water partition coefficient (Wildman–Crippen LogP) is 1.36. The molecule has 3 N–H and O–H groups in total. The highest BCUT2D eigenvalue weighted by Crippen LogP contribution is 2.25. The molecule has 6 nitrogen and oxygen atoms in total. The minimum atomic E-state index is -1.45. The summed E-state index contributed by atoms with van der Waals surface area (Å²) in [4.78, 5) is 26.5. The fourth-order valence-corrected chi connectivity index (χ4v) is 1.94. The molecule has 1 rings (SSSR count). The van der Waals surface area contributed by atoms with Gasteiger partial charge in [-0.15, -0.1) is 11.3 Å². The number of nitrogens with zero attached hydrogens (tertiary/aromatic N) is 1. The maximum Gasteiger partial charge on any atom is 0.355 e. The summed E-state index contributed by atoms with van der Waals surface area (Å²) in [5, 5.41) is 10.3. The van der Waals surface area contributed by atoms with Gasteiger partial charge < -0.3 is 15.6 Å². The molecule has 0 saturated carbocycles. The number of esters is 1. The molecular formula is C11H16N2O4S. The maximum absolute atomic E-state index is 11.9. The molecule has 1 atom stereocenters. The summed E-state index contributed by atoms with van der Waals surface area (Å²) in [6.45, 7) is 6.63. The topological polar surface area (TPSA) is 103 Å². The molecule has 0 aliphatic rings. The van der Waals surface area contributed by atoms with Crippen molar-refractivity contribution in [3.8, 4) is 0 Å². The molecule has 0 saturated heterocycles. The highest BCUT2D eigenvalue weighted by Gasteiger charge is 2.38. The Bertz CT molecular complexity index is 474. The van der Waals surface area contributed by atoms with Gasteiger partial charge >= 0.3 is 11.9 Å². The second-order valence-electron chi connectivity index (χ2n) is 5.05. The zero-order valence-electron chi connectivity index (χ0n) is 10.7. The molecule has 1 aromatic rings. The number of carboxylic acids is 1. The lowest BCUT2D eigenvalue weighted by atomic mass is 10.0. The summed E-state index contributed by atoms with van der Waals surface area (Å²) >= 11 is 1.02. The maximum atomic E-state index is 11.9. The van der Waals surface area contributed by atoms with Crippen LogP contribution in [-0.4, -0.2) is 27.6 Å². The number of ether oxygens (including phenoxy) is 1. The first kappa shape index (κ1) is 14.6. The molecule has 0 amide bonds. The standard InChI is InChI=1S/C11H16N2O4S/c1-10(2,3)17-9(16)11(4,12)8-13-6(5-18-8)7(14)15/h5H,12H2,1-4H3,(H,14,15). The summed E-state index contributed by atoms with van der Waals surface area (Å²) in [5.74, 6) is -1.79. The van der Waals surface area contributed by atoms with E-state index >= 15 is 0 Å². The van der Waals surface area contributed by atoms with E-state index in [-0.39, 0.29) is 10.7 Å². The number of nitrogens with two attached hydrogens (primary N) is 1. The Morgan fingerprint density at radius 1 is 1.39 bits per heavy atom. The van der Waals surface area contributed by atoms with E-state index in [0.29, 0.717) is 0 Å². The molecule has 0 aliphatic heterocycles. The summed E-state index contributed by atoms with van der Waals surface area (Å²) in [7, 11) is 0. The third kappa shape index (κ3) is 3.27. The molecule has 18 heavy (non-hydrogen) atoms.